The Bertz CT molecular complexity index is 597. The molecule has 25 heavy (non-hydrogen) atoms. The largest absolute Gasteiger partial charge is 0.444 e. The molecule has 0 aliphatic rings. The Kier molecular flexibility index (Phi) is 7.79. The van der Waals surface area contributed by atoms with Crippen LogP contribution in [-0.2, 0) is 27.4 Å². The number of nitro groups is 1. The predicted molar refractivity (Wildman–Crippen MR) is 92.3 cm³/mol. The Morgan fingerprint density at radius 1 is 1.32 bits per heavy atom. The Hall–Kier alpha value is -2.19. The van der Waals surface area contributed by atoms with E-state index < -0.39 is 16.6 Å². The van der Waals surface area contributed by atoms with Crippen LogP contribution in [0.2, 0.25) is 0 Å². The molecule has 0 bridgehead atoms. The Labute approximate surface area is 147 Å². The number of nitro benzene ring substituents is 1. The summed E-state index contributed by atoms with van der Waals surface area (Å²) in [7, 11) is 1.49. The van der Waals surface area contributed by atoms with Gasteiger partial charge in [0.15, 0.2) is 0 Å². The van der Waals surface area contributed by atoms with E-state index >= 15 is 0 Å². The highest BCUT2D eigenvalue weighted by atomic mass is 16.6. The normalized spacial score (nSPS) is 12.5. The molecule has 1 N–H and O–H groups in total. The second kappa shape index (κ2) is 9.33. The lowest BCUT2D eigenvalue weighted by atomic mass is 10.1. The van der Waals surface area contributed by atoms with E-state index in [-0.39, 0.29) is 31.5 Å². The van der Waals surface area contributed by atoms with Crippen molar-refractivity contribution in [3.8, 4) is 0 Å². The zero-order chi connectivity index (χ0) is 19.0. The van der Waals surface area contributed by atoms with E-state index in [1.807, 2.05) is 0 Å². The molecule has 1 amide bonds. The minimum atomic E-state index is -0.562. The maximum Gasteiger partial charge on any atom is 0.407 e. The van der Waals surface area contributed by atoms with Crippen LogP contribution in [-0.4, -0.2) is 36.4 Å². The van der Waals surface area contributed by atoms with E-state index in [2.05, 4.69) is 5.32 Å². The van der Waals surface area contributed by atoms with Crippen LogP contribution in [0, 0.1) is 10.1 Å². The van der Waals surface area contributed by atoms with E-state index in [1.165, 1.54) is 13.2 Å². The lowest BCUT2D eigenvalue weighted by Crippen LogP contribution is -2.39. The third kappa shape index (κ3) is 7.95. The number of benzene rings is 1. The smallest absolute Gasteiger partial charge is 0.407 e. The van der Waals surface area contributed by atoms with Gasteiger partial charge in [-0.25, -0.2) is 4.79 Å². The zero-order valence-corrected chi connectivity index (χ0v) is 15.3. The molecule has 0 aromatic heterocycles. The summed E-state index contributed by atoms with van der Waals surface area (Å²) < 4.78 is 15.6. The van der Waals surface area contributed by atoms with Crippen molar-refractivity contribution >= 4 is 11.8 Å². The molecule has 8 heteroatoms. The third-order valence-corrected chi connectivity index (χ3v) is 3.05. The Morgan fingerprint density at radius 3 is 2.56 bits per heavy atom. The Balaban J connectivity index is 2.51. The predicted octanol–water partition coefficient (Wildman–Crippen LogP) is 3.17. The first-order valence-corrected chi connectivity index (χ1v) is 7.94. The summed E-state index contributed by atoms with van der Waals surface area (Å²) in [5, 5.41) is 13.8. The number of hydrogen-bond acceptors (Lipinski definition) is 6. The number of carbonyl (C=O) groups excluding carboxylic acids is 1. The summed E-state index contributed by atoms with van der Waals surface area (Å²) in [6, 6.07) is 4.63. The van der Waals surface area contributed by atoms with Gasteiger partial charge in [0.05, 0.1) is 36.3 Å². The number of ether oxygens (including phenoxy) is 3. The highest BCUT2D eigenvalue weighted by Gasteiger charge is 2.18. The van der Waals surface area contributed by atoms with E-state index in [4.69, 9.17) is 14.2 Å². The van der Waals surface area contributed by atoms with Gasteiger partial charge >= 0.3 is 6.09 Å². The first-order chi connectivity index (χ1) is 11.6. The lowest BCUT2D eigenvalue weighted by Gasteiger charge is -2.22. The monoisotopic (exact) mass is 354 g/mol. The van der Waals surface area contributed by atoms with Crippen LogP contribution in [0.3, 0.4) is 0 Å². The molecule has 0 spiro atoms. The molecule has 8 nitrogen and oxygen atoms in total. The number of rotatable bonds is 8. The molecule has 0 heterocycles. The van der Waals surface area contributed by atoms with Gasteiger partial charge in [-0.2, -0.15) is 0 Å². The fourth-order valence-electron chi connectivity index (χ4n) is 2.05. The molecule has 1 atom stereocenters. The van der Waals surface area contributed by atoms with Gasteiger partial charge in [0, 0.05) is 13.2 Å². The number of methoxy groups -OCH3 is 1. The maximum atomic E-state index is 11.6. The number of amides is 1. The van der Waals surface area contributed by atoms with Gasteiger partial charge in [-0.05, 0) is 39.3 Å². The van der Waals surface area contributed by atoms with E-state index in [0.717, 1.165) is 0 Å². The van der Waals surface area contributed by atoms with Crippen LogP contribution in [0.15, 0.2) is 18.2 Å². The van der Waals surface area contributed by atoms with Gasteiger partial charge in [-0.15, -0.1) is 0 Å². The summed E-state index contributed by atoms with van der Waals surface area (Å²) in [4.78, 5) is 22.3. The molecule has 0 fully saturated rings. The van der Waals surface area contributed by atoms with E-state index in [0.29, 0.717) is 11.1 Å². The summed E-state index contributed by atoms with van der Waals surface area (Å²) in [6.07, 6.45) is -0.511. The van der Waals surface area contributed by atoms with Gasteiger partial charge in [0.25, 0.3) is 5.69 Å². The van der Waals surface area contributed by atoms with Crippen molar-refractivity contribution in [1.82, 2.24) is 5.32 Å². The molecule has 0 aliphatic carbocycles. The maximum absolute atomic E-state index is 11.6. The van der Waals surface area contributed by atoms with Crippen molar-refractivity contribution in [3.05, 3.63) is 39.4 Å². The van der Waals surface area contributed by atoms with E-state index in [9.17, 15) is 14.9 Å². The summed E-state index contributed by atoms with van der Waals surface area (Å²) >= 11 is 0. The van der Waals surface area contributed by atoms with Crippen LogP contribution in [0.1, 0.15) is 38.8 Å². The van der Waals surface area contributed by atoms with Crippen molar-refractivity contribution in [2.45, 2.75) is 52.6 Å². The molecule has 1 aromatic carbocycles. The van der Waals surface area contributed by atoms with Crippen LogP contribution in [0.5, 0.6) is 0 Å². The molecule has 1 aromatic rings. The molecule has 0 aliphatic heterocycles. The molecule has 0 radical (unpaired) electrons. The second-order valence-electron chi connectivity index (χ2n) is 6.72. The fraction of sp³-hybridized carbons (Fsp3) is 0.588. The number of nitrogens with one attached hydrogen (secondary N) is 1. The first kappa shape index (κ1) is 20.9. The van der Waals surface area contributed by atoms with Gasteiger partial charge in [-0.3, -0.25) is 10.1 Å². The number of carbonyl (C=O) groups is 1. The fourth-order valence-corrected chi connectivity index (χ4v) is 2.05. The molecule has 0 saturated carbocycles. The van der Waals surface area contributed by atoms with Crippen LogP contribution in [0.25, 0.3) is 0 Å². The summed E-state index contributed by atoms with van der Waals surface area (Å²) in [5.41, 5.74) is 0.628. The lowest BCUT2D eigenvalue weighted by molar-refractivity contribution is -0.386. The summed E-state index contributed by atoms with van der Waals surface area (Å²) in [6.45, 7) is 7.78. The molecule has 0 unspecified atom stereocenters. The van der Waals surface area contributed by atoms with Crippen molar-refractivity contribution in [1.29, 1.82) is 0 Å². The molecule has 1 rings (SSSR count). The Morgan fingerprint density at radius 2 is 2.00 bits per heavy atom. The number of hydrogen-bond donors (Lipinski definition) is 1. The topological polar surface area (TPSA) is 99.9 Å². The van der Waals surface area contributed by atoms with Gasteiger partial charge in [0.2, 0.25) is 0 Å². The zero-order valence-electron chi connectivity index (χ0n) is 15.3. The van der Waals surface area contributed by atoms with Crippen molar-refractivity contribution in [2.24, 2.45) is 0 Å². The quantitative estimate of drug-likeness (QED) is 0.568. The molecular formula is C17H26N2O6. The summed E-state index contributed by atoms with van der Waals surface area (Å²) in [5.74, 6) is 0. The SMILES string of the molecule is COCc1ccc(COC[C@@H](C)NC(=O)OC(C)(C)C)cc1[N+](=O)[O-]. The highest BCUT2D eigenvalue weighted by Crippen LogP contribution is 2.21. The van der Waals surface area contributed by atoms with Crippen molar-refractivity contribution < 1.29 is 23.9 Å². The van der Waals surface area contributed by atoms with Crippen molar-refractivity contribution in [3.63, 3.8) is 0 Å². The number of alkyl carbamates (subject to hydrolysis) is 1. The van der Waals surface area contributed by atoms with Gasteiger partial charge < -0.3 is 19.5 Å². The number of nitrogens with zero attached hydrogens (tertiary/aromatic N) is 1. The highest BCUT2D eigenvalue weighted by molar-refractivity contribution is 5.68. The molecule has 0 saturated heterocycles. The van der Waals surface area contributed by atoms with Crippen LogP contribution in [0.4, 0.5) is 10.5 Å². The van der Waals surface area contributed by atoms with Crippen LogP contribution < -0.4 is 5.32 Å². The standard InChI is InChI=1S/C17H26N2O6/c1-12(18-16(20)25-17(2,3)4)9-24-10-13-6-7-14(11-23-5)15(8-13)19(21)22/h6-8,12H,9-11H2,1-5H3,(H,18,20)/t12-/m1/s1. The first-order valence-electron chi connectivity index (χ1n) is 7.94. The molecular weight excluding hydrogens is 328 g/mol. The average molecular weight is 354 g/mol. The molecule has 140 valence electrons. The van der Waals surface area contributed by atoms with Gasteiger partial charge in [0.1, 0.15) is 5.60 Å². The van der Waals surface area contributed by atoms with E-state index in [1.54, 1.807) is 39.8 Å². The minimum absolute atomic E-state index is 0.00267. The second-order valence-corrected chi connectivity index (χ2v) is 6.72. The van der Waals surface area contributed by atoms with Gasteiger partial charge in [-0.1, -0.05) is 6.07 Å². The van der Waals surface area contributed by atoms with Crippen molar-refractivity contribution in [2.75, 3.05) is 13.7 Å². The third-order valence-electron chi connectivity index (χ3n) is 3.05. The van der Waals surface area contributed by atoms with Crippen LogP contribution >= 0.6 is 0 Å². The minimum Gasteiger partial charge on any atom is -0.444 e. The average Bonchev–Trinajstić information content (AvgIpc) is 2.46.